The summed E-state index contributed by atoms with van der Waals surface area (Å²) in [6.45, 7) is 5.26. The van der Waals surface area contributed by atoms with E-state index >= 15 is 0 Å². The molecule has 3 nitrogen and oxygen atoms in total. The first-order valence-corrected chi connectivity index (χ1v) is 9.41. The van der Waals surface area contributed by atoms with Crippen LogP contribution < -0.4 is 5.32 Å². The van der Waals surface area contributed by atoms with Crippen LogP contribution in [0.4, 0.5) is 0 Å². The summed E-state index contributed by atoms with van der Waals surface area (Å²) in [5.74, 6) is -0.489. The number of hydrogen-bond acceptors (Lipinski definition) is 2. The van der Waals surface area contributed by atoms with Crippen LogP contribution in [0.5, 0.6) is 0 Å². The number of carbonyl (C=O) groups is 1. The summed E-state index contributed by atoms with van der Waals surface area (Å²) in [5.41, 5.74) is 3.96. The van der Waals surface area contributed by atoms with Gasteiger partial charge in [0, 0.05) is 30.3 Å². The summed E-state index contributed by atoms with van der Waals surface area (Å²) in [6, 6.07) is 17.0. The molecule has 2 aromatic rings. The molecule has 4 atom stereocenters. The monoisotopic (exact) mass is 345 g/mol. The van der Waals surface area contributed by atoms with E-state index in [2.05, 4.69) is 54.4 Å². The van der Waals surface area contributed by atoms with Crippen molar-refractivity contribution in [1.29, 1.82) is 0 Å². The molecule has 2 aromatic carbocycles. The van der Waals surface area contributed by atoms with E-state index in [9.17, 15) is 9.90 Å². The van der Waals surface area contributed by atoms with Gasteiger partial charge in [-0.25, -0.2) is 0 Å². The molecule has 3 aliphatic carbocycles. The van der Waals surface area contributed by atoms with Crippen LogP contribution in [0.15, 0.2) is 55.1 Å². The lowest BCUT2D eigenvalue weighted by molar-refractivity contribution is -0.157. The second-order valence-electron chi connectivity index (χ2n) is 8.01. The molecule has 132 valence electrons. The molecular formula is C23H23NO2. The Morgan fingerprint density at radius 3 is 2.77 bits per heavy atom. The fraction of sp³-hybridized carbons (Fsp3) is 0.348. The van der Waals surface area contributed by atoms with Crippen LogP contribution >= 0.6 is 0 Å². The highest BCUT2D eigenvalue weighted by Crippen LogP contribution is 2.67. The Morgan fingerprint density at radius 2 is 2.04 bits per heavy atom. The zero-order chi connectivity index (χ0) is 17.9. The first-order chi connectivity index (χ1) is 12.6. The summed E-state index contributed by atoms with van der Waals surface area (Å²) < 4.78 is 0. The Kier molecular flexibility index (Phi) is 3.23. The van der Waals surface area contributed by atoms with Gasteiger partial charge in [0.05, 0.1) is 5.41 Å². The Balaban J connectivity index is 1.87. The predicted molar refractivity (Wildman–Crippen MR) is 102 cm³/mol. The van der Waals surface area contributed by atoms with Gasteiger partial charge in [-0.3, -0.25) is 4.79 Å². The number of nitrogens with one attached hydrogen (secondary N) is 1. The van der Waals surface area contributed by atoms with Crippen molar-refractivity contribution in [3.05, 3.63) is 77.4 Å². The highest BCUT2D eigenvalue weighted by Gasteiger charge is 2.68. The minimum absolute atomic E-state index is 0.0706. The maximum absolute atomic E-state index is 12.6. The van der Waals surface area contributed by atoms with Gasteiger partial charge in [-0.1, -0.05) is 61.2 Å². The quantitative estimate of drug-likeness (QED) is 0.890. The number of carboxylic acids is 1. The zero-order valence-electron chi connectivity index (χ0n) is 14.7. The fourth-order valence-electron chi connectivity index (χ4n) is 6.27. The van der Waals surface area contributed by atoms with Crippen molar-refractivity contribution in [2.45, 2.75) is 24.2 Å². The SMILES string of the molecule is C=Cc1ccc2c(c1)C1(c3ccccc3)CCC2C2(C(=O)O)CNCC12. The summed E-state index contributed by atoms with van der Waals surface area (Å²) in [7, 11) is 0. The number of rotatable bonds is 3. The fourth-order valence-corrected chi connectivity index (χ4v) is 6.27. The number of benzene rings is 2. The van der Waals surface area contributed by atoms with E-state index in [1.54, 1.807) is 0 Å². The first kappa shape index (κ1) is 15.8. The number of carboxylic acid groups (broad SMARTS) is 1. The van der Waals surface area contributed by atoms with E-state index < -0.39 is 11.4 Å². The molecule has 0 radical (unpaired) electrons. The molecule has 0 amide bonds. The maximum Gasteiger partial charge on any atom is 0.311 e. The summed E-state index contributed by atoms with van der Waals surface area (Å²) in [4.78, 5) is 12.6. The minimum Gasteiger partial charge on any atom is -0.481 e. The molecule has 4 unspecified atom stereocenters. The molecule has 2 fully saturated rings. The van der Waals surface area contributed by atoms with Gasteiger partial charge in [0.2, 0.25) is 0 Å². The molecule has 3 heteroatoms. The topological polar surface area (TPSA) is 49.3 Å². The van der Waals surface area contributed by atoms with Crippen molar-refractivity contribution in [1.82, 2.24) is 5.32 Å². The van der Waals surface area contributed by atoms with Crippen LogP contribution in [0.1, 0.15) is 41.0 Å². The Hall–Kier alpha value is -2.39. The normalized spacial score (nSPS) is 34.2. The highest BCUT2D eigenvalue weighted by atomic mass is 16.4. The maximum atomic E-state index is 12.6. The van der Waals surface area contributed by atoms with Gasteiger partial charge in [0.25, 0.3) is 0 Å². The van der Waals surface area contributed by atoms with Gasteiger partial charge in [-0.05, 0) is 35.1 Å². The molecule has 0 aromatic heterocycles. The average molecular weight is 345 g/mol. The van der Waals surface area contributed by atoms with Gasteiger partial charge in [-0.15, -0.1) is 0 Å². The van der Waals surface area contributed by atoms with Gasteiger partial charge < -0.3 is 10.4 Å². The smallest absolute Gasteiger partial charge is 0.311 e. The lowest BCUT2D eigenvalue weighted by Gasteiger charge is -2.59. The number of fused-ring (bicyclic) bond motifs is 1. The second kappa shape index (κ2) is 5.31. The van der Waals surface area contributed by atoms with Crippen molar-refractivity contribution >= 4 is 12.0 Å². The lowest BCUT2D eigenvalue weighted by Crippen LogP contribution is -2.60. The van der Waals surface area contributed by atoms with E-state index in [1.807, 2.05) is 12.1 Å². The molecule has 2 bridgehead atoms. The summed E-state index contributed by atoms with van der Waals surface area (Å²) >= 11 is 0. The van der Waals surface area contributed by atoms with Crippen molar-refractivity contribution in [3.8, 4) is 0 Å². The third kappa shape index (κ3) is 1.69. The van der Waals surface area contributed by atoms with Crippen LogP contribution in [-0.2, 0) is 10.2 Å². The molecule has 0 spiro atoms. The molecule has 1 aliphatic heterocycles. The van der Waals surface area contributed by atoms with Gasteiger partial charge in [0.1, 0.15) is 0 Å². The van der Waals surface area contributed by atoms with Crippen molar-refractivity contribution in [2.75, 3.05) is 13.1 Å². The molecular weight excluding hydrogens is 322 g/mol. The zero-order valence-corrected chi connectivity index (χ0v) is 14.7. The third-order valence-corrected chi connectivity index (χ3v) is 7.29. The molecule has 1 saturated carbocycles. The van der Waals surface area contributed by atoms with Crippen molar-refractivity contribution in [2.24, 2.45) is 11.3 Å². The largest absolute Gasteiger partial charge is 0.481 e. The molecule has 2 N–H and O–H groups in total. The Labute approximate surface area is 153 Å². The van der Waals surface area contributed by atoms with E-state index in [4.69, 9.17) is 0 Å². The standard InChI is InChI=1S/C23H23NO2/c1-2-15-8-9-17-18-10-11-22(19(17)12-15,16-6-4-3-5-7-16)20-13-24-14-23(18,20)21(25)26/h2-9,12,18,20,24H,1,10-11,13-14H2,(H,25,26). The van der Waals surface area contributed by atoms with Gasteiger partial charge >= 0.3 is 5.97 Å². The third-order valence-electron chi connectivity index (χ3n) is 7.29. The molecule has 1 heterocycles. The van der Waals surface area contributed by atoms with Gasteiger partial charge in [-0.2, -0.15) is 0 Å². The van der Waals surface area contributed by atoms with Crippen LogP contribution in [-0.4, -0.2) is 24.2 Å². The lowest BCUT2D eigenvalue weighted by atomic mass is 9.42. The van der Waals surface area contributed by atoms with E-state index in [1.165, 1.54) is 16.7 Å². The van der Waals surface area contributed by atoms with Crippen molar-refractivity contribution < 1.29 is 9.90 Å². The second-order valence-corrected chi connectivity index (χ2v) is 8.01. The highest BCUT2D eigenvalue weighted by molar-refractivity contribution is 5.81. The van der Waals surface area contributed by atoms with E-state index in [-0.39, 0.29) is 17.3 Å². The van der Waals surface area contributed by atoms with Gasteiger partial charge in [0.15, 0.2) is 0 Å². The Morgan fingerprint density at radius 1 is 1.23 bits per heavy atom. The molecule has 26 heavy (non-hydrogen) atoms. The molecule has 4 aliphatic rings. The number of aliphatic carboxylic acids is 1. The summed E-state index contributed by atoms with van der Waals surface area (Å²) in [6.07, 6.45) is 3.83. The van der Waals surface area contributed by atoms with Crippen LogP contribution in [0.25, 0.3) is 6.08 Å². The van der Waals surface area contributed by atoms with E-state index in [0.717, 1.165) is 24.9 Å². The van der Waals surface area contributed by atoms with Crippen LogP contribution in [0.2, 0.25) is 0 Å². The predicted octanol–water partition coefficient (Wildman–Crippen LogP) is 3.80. The molecule has 6 rings (SSSR count). The van der Waals surface area contributed by atoms with E-state index in [0.29, 0.717) is 6.54 Å². The van der Waals surface area contributed by atoms with Crippen LogP contribution in [0, 0.1) is 11.3 Å². The minimum atomic E-state index is -0.712. The van der Waals surface area contributed by atoms with Crippen LogP contribution in [0.3, 0.4) is 0 Å². The molecule has 1 saturated heterocycles. The summed E-state index contributed by atoms with van der Waals surface area (Å²) in [5, 5.41) is 13.8. The number of hydrogen-bond donors (Lipinski definition) is 2. The first-order valence-electron chi connectivity index (χ1n) is 9.41. The van der Waals surface area contributed by atoms with Crippen molar-refractivity contribution in [3.63, 3.8) is 0 Å². The average Bonchev–Trinajstić information content (AvgIpc) is 3.16. The Bertz CT molecular complexity index is 906.